The number of aromatic nitrogens is 2. The van der Waals surface area contributed by atoms with Crippen molar-refractivity contribution in [3.63, 3.8) is 0 Å². The van der Waals surface area contributed by atoms with Gasteiger partial charge in [0.1, 0.15) is 17.2 Å². The monoisotopic (exact) mass is 513 g/mol. The summed E-state index contributed by atoms with van der Waals surface area (Å²) in [6.07, 6.45) is 4.35. The lowest BCUT2D eigenvalue weighted by Crippen LogP contribution is -2.13. The Morgan fingerprint density at radius 2 is 1.79 bits per heavy atom. The van der Waals surface area contributed by atoms with Crippen molar-refractivity contribution in [2.24, 2.45) is 0 Å². The number of para-hydroxylation sites is 1. The molecule has 0 saturated heterocycles. The molecule has 0 saturated carbocycles. The molecule has 0 N–H and O–H groups in total. The number of nitro benzene ring substituents is 1. The lowest BCUT2D eigenvalue weighted by atomic mass is 10.1. The van der Waals surface area contributed by atoms with Crippen LogP contribution in [0.3, 0.4) is 0 Å². The first kappa shape index (κ1) is 25.8. The molecule has 10 heteroatoms. The average Bonchev–Trinajstić information content (AvgIpc) is 3.39. The molecule has 0 unspecified atom stereocenters. The topological polar surface area (TPSA) is 123 Å². The molecule has 0 bridgehead atoms. The van der Waals surface area contributed by atoms with E-state index in [1.54, 1.807) is 35.1 Å². The first-order chi connectivity index (χ1) is 18.4. The Bertz CT molecular complexity index is 1510. The van der Waals surface area contributed by atoms with E-state index in [2.05, 4.69) is 5.10 Å². The lowest BCUT2D eigenvalue weighted by molar-refractivity contribution is -0.384. The minimum atomic E-state index is -0.747. The van der Waals surface area contributed by atoms with E-state index in [-0.39, 0.29) is 11.3 Å². The minimum Gasteiger partial charge on any atom is -0.497 e. The van der Waals surface area contributed by atoms with Gasteiger partial charge >= 0.3 is 5.97 Å². The van der Waals surface area contributed by atoms with Gasteiger partial charge in [0.25, 0.3) is 5.69 Å². The third kappa shape index (κ3) is 5.93. The number of carbonyl (C=O) groups excluding carboxylic acids is 2. The maximum Gasteiger partial charge on any atom is 0.331 e. The summed E-state index contributed by atoms with van der Waals surface area (Å²) in [6, 6.07) is 20.0. The number of ether oxygens (including phenoxy) is 3. The average molecular weight is 514 g/mol. The van der Waals surface area contributed by atoms with Gasteiger partial charge in [-0.15, -0.1) is 0 Å². The van der Waals surface area contributed by atoms with Crippen LogP contribution in [0.15, 0.2) is 85.1 Å². The largest absolute Gasteiger partial charge is 0.497 e. The highest BCUT2D eigenvalue weighted by Crippen LogP contribution is 2.28. The number of ketones is 1. The van der Waals surface area contributed by atoms with Crippen molar-refractivity contribution in [3.05, 3.63) is 106 Å². The standard InChI is InChI=1S/C28H23N3O7/c1-36-23-12-13-24(26(16-23)37-2)25(32)18-38-27(33)14-11-20-17-30(21-8-4-3-5-9-21)29-28(20)19-7-6-10-22(15-19)31(34)35/h3-17H,18H2,1-2H3/b14-11+. The molecule has 10 nitrogen and oxygen atoms in total. The Balaban J connectivity index is 1.55. The first-order valence-electron chi connectivity index (χ1n) is 11.4. The lowest BCUT2D eigenvalue weighted by Gasteiger charge is -2.09. The van der Waals surface area contributed by atoms with Gasteiger partial charge < -0.3 is 14.2 Å². The number of esters is 1. The zero-order valence-corrected chi connectivity index (χ0v) is 20.6. The molecule has 1 aromatic heterocycles. The van der Waals surface area contributed by atoms with Crippen LogP contribution in [-0.2, 0) is 9.53 Å². The quantitative estimate of drug-likeness (QED) is 0.0964. The Labute approximate surface area is 217 Å². The molecule has 0 aliphatic heterocycles. The highest BCUT2D eigenvalue weighted by molar-refractivity contribution is 6.01. The number of benzene rings is 3. The second-order valence-corrected chi connectivity index (χ2v) is 7.95. The number of nitro groups is 1. The Morgan fingerprint density at radius 1 is 1.00 bits per heavy atom. The maximum absolute atomic E-state index is 12.6. The minimum absolute atomic E-state index is 0.0847. The third-order valence-corrected chi connectivity index (χ3v) is 5.55. The molecular weight excluding hydrogens is 490 g/mol. The van der Waals surface area contributed by atoms with E-state index in [4.69, 9.17) is 14.2 Å². The Morgan fingerprint density at radius 3 is 2.50 bits per heavy atom. The molecule has 192 valence electrons. The molecule has 1 heterocycles. The molecule has 4 rings (SSSR count). The Kier molecular flexibility index (Phi) is 7.92. The van der Waals surface area contributed by atoms with Crippen LogP contribution in [0.4, 0.5) is 5.69 Å². The molecule has 0 aliphatic carbocycles. The molecule has 3 aromatic carbocycles. The smallest absolute Gasteiger partial charge is 0.331 e. The van der Waals surface area contributed by atoms with E-state index < -0.39 is 23.3 Å². The normalized spacial score (nSPS) is 10.8. The number of hydrogen-bond acceptors (Lipinski definition) is 8. The molecule has 0 aliphatic rings. The summed E-state index contributed by atoms with van der Waals surface area (Å²) in [4.78, 5) is 35.8. The highest BCUT2D eigenvalue weighted by atomic mass is 16.6. The van der Waals surface area contributed by atoms with Gasteiger partial charge in [-0.2, -0.15) is 5.10 Å². The summed E-state index contributed by atoms with van der Waals surface area (Å²) >= 11 is 0. The van der Waals surface area contributed by atoms with Gasteiger partial charge in [-0.25, -0.2) is 9.48 Å². The second kappa shape index (κ2) is 11.7. The van der Waals surface area contributed by atoms with E-state index in [9.17, 15) is 19.7 Å². The predicted molar refractivity (Wildman–Crippen MR) is 140 cm³/mol. The molecule has 4 aromatic rings. The van der Waals surface area contributed by atoms with Gasteiger partial charge in [0.05, 0.1) is 30.4 Å². The summed E-state index contributed by atoms with van der Waals surface area (Å²) < 4.78 is 17.1. The fourth-order valence-corrected chi connectivity index (χ4v) is 3.66. The van der Waals surface area contributed by atoms with Gasteiger partial charge in [-0.3, -0.25) is 14.9 Å². The zero-order chi connectivity index (χ0) is 27.1. The molecule has 0 spiro atoms. The molecular formula is C28H23N3O7. The molecule has 0 atom stereocenters. The second-order valence-electron chi connectivity index (χ2n) is 7.95. The van der Waals surface area contributed by atoms with E-state index in [0.717, 1.165) is 5.69 Å². The van der Waals surface area contributed by atoms with Gasteiger partial charge in [-0.05, 0) is 30.3 Å². The molecule has 0 fully saturated rings. The first-order valence-corrected chi connectivity index (χ1v) is 11.4. The fraction of sp³-hybridized carbons (Fsp3) is 0.107. The molecule has 0 radical (unpaired) electrons. The van der Waals surface area contributed by atoms with Crippen molar-refractivity contribution in [2.75, 3.05) is 20.8 Å². The van der Waals surface area contributed by atoms with Gasteiger partial charge in [0, 0.05) is 41.6 Å². The van der Waals surface area contributed by atoms with Crippen LogP contribution in [0, 0.1) is 10.1 Å². The summed E-state index contributed by atoms with van der Waals surface area (Å²) in [5, 5.41) is 15.9. The van der Waals surface area contributed by atoms with Crippen LogP contribution in [0.2, 0.25) is 0 Å². The van der Waals surface area contributed by atoms with Crippen molar-refractivity contribution in [3.8, 4) is 28.4 Å². The number of Topliss-reactive ketones (excluding diaryl/α,β-unsaturated/α-hetero) is 1. The number of methoxy groups -OCH3 is 2. The van der Waals surface area contributed by atoms with E-state index in [1.807, 2.05) is 30.3 Å². The van der Waals surface area contributed by atoms with Crippen LogP contribution < -0.4 is 9.47 Å². The molecule has 38 heavy (non-hydrogen) atoms. The SMILES string of the molecule is COc1ccc(C(=O)COC(=O)/C=C/c2cn(-c3ccccc3)nc2-c2cccc([N+](=O)[O-])c2)c(OC)c1. The zero-order valence-electron chi connectivity index (χ0n) is 20.6. The van der Waals surface area contributed by atoms with Crippen molar-refractivity contribution >= 4 is 23.5 Å². The number of hydrogen-bond donors (Lipinski definition) is 0. The third-order valence-electron chi connectivity index (χ3n) is 5.55. The summed E-state index contributed by atoms with van der Waals surface area (Å²) in [7, 11) is 2.92. The van der Waals surface area contributed by atoms with Gasteiger partial charge in [-0.1, -0.05) is 30.3 Å². The highest BCUT2D eigenvalue weighted by Gasteiger charge is 2.17. The number of carbonyl (C=O) groups is 2. The summed E-state index contributed by atoms with van der Waals surface area (Å²) in [5.41, 5.74) is 2.39. The van der Waals surface area contributed by atoms with Crippen LogP contribution in [0.1, 0.15) is 15.9 Å². The fourth-order valence-electron chi connectivity index (χ4n) is 3.66. The van der Waals surface area contributed by atoms with Gasteiger partial charge in [0.15, 0.2) is 6.61 Å². The van der Waals surface area contributed by atoms with Crippen LogP contribution in [0.5, 0.6) is 11.5 Å². The van der Waals surface area contributed by atoms with Crippen LogP contribution >= 0.6 is 0 Å². The predicted octanol–water partition coefficient (Wildman–Crippen LogP) is 4.90. The van der Waals surface area contributed by atoms with Crippen molar-refractivity contribution < 1.29 is 28.7 Å². The van der Waals surface area contributed by atoms with Crippen LogP contribution in [-0.4, -0.2) is 47.3 Å². The number of non-ortho nitro benzene ring substituents is 1. The Hall–Kier alpha value is -5.25. The van der Waals surface area contributed by atoms with Gasteiger partial charge in [0.2, 0.25) is 5.78 Å². The summed E-state index contributed by atoms with van der Waals surface area (Å²) in [6.45, 7) is -0.493. The van der Waals surface area contributed by atoms with Crippen molar-refractivity contribution in [2.45, 2.75) is 0 Å². The van der Waals surface area contributed by atoms with E-state index in [0.29, 0.717) is 28.3 Å². The summed E-state index contributed by atoms with van der Waals surface area (Å²) in [5.74, 6) is -0.367. The maximum atomic E-state index is 12.6. The van der Waals surface area contributed by atoms with Crippen molar-refractivity contribution in [1.82, 2.24) is 9.78 Å². The van der Waals surface area contributed by atoms with E-state index in [1.165, 1.54) is 44.6 Å². The molecule has 0 amide bonds. The van der Waals surface area contributed by atoms with Crippen LogP contribution in [0.25, 0.3) is 23.0 Å². The number of nitrogens with zero attached hydrogens (tertiary/aromatic N) is 3. The number of rotatable bonds is 10. The van der Waals surface area contributed by atoms with E-state index >= 15 is 0 Å². The van der Waals surface area contributed by atoms with Crippen molar-refractivity contribution in [1.29, 1.82) is 0 Å².